The van der Waals surface area contributed by atoms with Gasteiger partial charge in [-0.25, -0.2) is 0 Å². The fourth-order valence-electron chi connectivity index (χ4n) is 3.03. The van der Waals surface area contributed by atoms with Gasteiger partial charge in [-0.2, -0.15) is 0 Å². The van der Waals surface area contributed by atoms with Crippen molar-refractivity contribution in [3.63, 3.8) is 0 Å². The number of rotatable bonds is 0. The molecule has 2 rings (SSSR count). The lowest BCUT2D eigenvalue weighted by molar-refractivity contribution is 0.0238. The van der Waals surface area contributed by atoms with Crippen molar-refractivity contribution in [2.75, 3.05) is 20.1 Å². The average molecular weight is 167 g/mol. The molecule has 2 aliphatic rings. The second kappa shape index (κ2) is 3.02. The van der Waals surface area contributed by atoms with E-state index in [2.05, 4.69) is 18.9 Å². The largest absolute Gasteiger partial charge is 0.306 e. The Morgan fingerprint density at radius 3 is 2.92 bits per heavy atom. The van der Waals surface area contributed by atoms with Crippen molar-refractivity contribution < 1.29 is 0 Å². The Balaban J connectivity index is 2.06. The second-order valence-corrected chi connectivity index (χ2v) is 5.11. The average Bonchev–Trinajstić information content (AvgIpc) is 2.06. The highest BCUT2D eigenvalue weighted by atomic mass is 15.1. The van der Waals surface area contributed by atoms with Crippen LogP contribution in [0.4, 0.5) is 0 Å². The van der Waals surface area contributed by atoms with Gasteiger partial charge < -0.3 is 4.90 Å². The summed E-state index contributed by atoms with van der Waals surface area (Å²) in [6.07, 6.45) is 7.38. The topological polar surface area (TPSA) is 3.24 Å². The Morgan fingerprint density at radius 2 is 2.08 bits per heavy atom. The van der Waals surface area contributed by atoms with E-state index < -0.39 is 0 Å². The summed E-state index contributed by atoms with van der Waals surface area (Å²) in [6, 6.07) is 0. The van der Waals surface area contributed by atoms with Crippen LogP contribution in [0.3, 0.4) is 0 Å². The van der Waals surface area contributed by atoms with Crippen LogP contribution in [0.25, 0.3) is 0 Å². The van der Waals surface area contributed by atoms with Crippen molar-refractivity contribution in [2.24, 2.45) is 11.3 Å². The van der Waals surface area contributed by atoms with Gasteiger partial charge in [-0.1, -0.05) is 19.8 Å². The maximum absolute atomic E-state index is 2.52. The molecule has 2 unspecified atom stereocenters. The number of piperidine rings is 1. The molecule has 1 heteroatoms. The first-order valence-corrected chi connectivity index (χ1v) is 5.39. The minimum atomic E-state index is 0.713. The number of hydrogen-bond acceptors (Lipinski definition) is 1. The summed E-state index contributed by atoms with van der Waals surface area (Å²) in [4.78, 5) is 2.51. The number of hydrogen-bond donors (Lipinski definition) is 0. The highest BCUT2D eigenvalue weighted by Gasteiger charge is 2.39. The molecule has 1 nitrogen and oxygen atoms in total. The first kappa shape index (κ1) is 8.55. The van der Waals surface area contributed by atoms with Crippen molar-refractivity contribution >= 4 is 0 Å². The molecule has 70 valence electrons. The van der Waals surface area contributed by atoms with Crippen LogP contribution in [0.1, 0.15) is 39.0 Å². The molecule has 2 fully saturated rings. The lowest BCUT2D eigenvalue weighted by atomic mass is 9.64. The van der Waals surface area contributed by atoms with E-state index in [0.29, 0.717) is 5.41 Å². The quantitative estimate of drug-likeness (QED) is 0.536. The summed E-state index contributed by atoms with van der Waals surface area (Å²) in [7, 11) is 2.27. The van der Waals surface area contributed by atoms with Gasteiger partial charge in [0.2, 0.25) is 0 Å². The highest BCUT2D eigenvalue weighted by molar-refractivity contribution is 4.91. The minimum absolute atomic E-state index is 0.713. The summed E-state index contributed by atoms with van der Waals surface area (Å²) in [5.74, 6) is 1.00. The zero-order valence-electron chi connectivity index (χ0n) is 8.47. The van der Waals surface area contributed by atoms with Crippen LogP contribution in [0.5, 0.6) is 0 Å². The molecule has 1 saturated carbocycles. The fraction of sp³-hybridized carbons (Fsp3) is 1.00. The molecule has 1 aliphatic carbocycles. The molecular formula is C11H21N. The SMILES string of the molecule is CN1CCC2(C)CCCCC2C1. The molecular weight excluding hydrogens is 146 g/mol. The smallest absolute Gasteiger partial charge is 0.00118 e. The number of nitrogens with zero attached hydrogens (tertiary/aromatic N) is 1. The van der Waals surface area contributed by atoms with Crippen LogP contribution < -0.4 is 0 Å². The first-order chi connectivity index (χ1) is 5.71. The molecule has 1 heterocycles. The molecule has 12 heavy (non-hydrogen) atoms. The second-order valence-electron chi connectivity index (χ2n) is 5.11. The molecule has 0 aromatic heterocycles. The van der Waals surface area contributed by atoms with Crippen molar-refractivity contribution in [1.29, 1.82) is 0 Å². The monoisotopic (exact) mass is 167 g/mol. The van der Waals surface area contributed by atoms with Crippen LogP contribution in [0.15, 0.2) is 0 Å². The zero-order valence-corrected chi connectivity index (χ0v) is 8.47. The Bertz CT molecular complexity index is 166. The Labute approximate surface area is 76.1 Å². The van der Waals surface area contributed by atoms with Gasteiger partial charge in [0, 0.05) is 6.54 Å². The van der Waals surface area contributed by atoms with E-state index in [1.165, 1.54) is 45.2 Å². The molecule has 1 saturated heterocycles. The van der Waals surface area contributed by atoms with Crippen molar-refractivity contribution in [3.05, 3.63) is 0 Å². The minimum Gasteiger partial charge on any atom is -0.306 e. The van der Waals surface area contributed by atoms with Crippen LogP contribution in [-0.4, -0.2) is 25.0 Å². The first-order valence-electron chi connectivity index (χ1n) is 5.39. The Morgan fingerprint density at radius 1 is 1.25 bits per heavy atom. The van der Waals surface area contributed by atoms with Gasteiger partial charge in [0.05, 0.1) is 0 Å². The van der Waals surface area contributed by atoms with E-state index in [1.807, 2.05) is 0 Å². The fourth-order valence-corrected chi connectivity index (χ4v) is 3.03. The predicted molar refractivity (Wildman–Crippen MR) is 52.2 cm³/mol. The number of likely N-dealkylation sites (tertiary alicyclic amines) is 1. The Hall–Kier alpha value is -0.0400. The molecule has 0 bridgehead atoms. The molecule has 1 aliphatic heterocycles. The van der Waals surface area contributed by atoms with Gasteiger partial charge in [-0.05, 0) is 44.2 Å². The van der Waals surface area contributed by atoms with Gasteiger partial charge in [0.15, 0.2) is 0 Å². The molecule has 0 aromatic rings. The molecule has 2 atom stereocenters. The normalized spacial score (nSPS) is 44.0. The number of fused-ring (bicyclic) bond motifs is 1. The van der Waals surface area contributed by atoms with Crippen LogP contribution in [0, 0.1) is 11.3 Å². The molecule has 0 spiro atoms. The van der Waals surface area contributed by atoms with Crippen molar-refractivity contribution in [3.8, 4) is 0 Å². The van der Waals surface area contributed by atoms with Gasteiger partial charge in [-0.15, -0.1) is 0 Å². The van der Waals surface area contributed by atoms with E-state index in [9.17, 15) is 0 Å². The van der Waals surface area contributed by atoms with Gasteiger partial charge in [0.1, 0.15) is 0 Å². The summed E-state index contributed by atoms with van der Waals surface area (Å²) >= 11 is 0. The lowest BCUT2D eigenvalue weighted by Gasteiger charge is -2.48. The van der Waals surface area contributed by atoms with E-state index in [1.54, 1.807) is 0 Å². The molecule has 0 aromatic carbocycles. The molecule has 0 amide bonds. The highest BCUT2D eigenvalue weighted by Crippen LogP contribution is 2.46. The predicted octanol–water partition coefficient (Wildman–Crippen LogP) is 2.52. The summed E-state index contributed by atoms with van der Waals surface area (Å²) < 4.78 is 0. The van der Waals surface area contributed by atoms with Gasteiger partial charge in [0.25, 0.3) is 0 Å². The molecule has 0 N–H and O–H groups in total. The Kier molecular flexibility index (Phi) is 2.16. The van der Waals surface area contributed by atoms with Crippen molar-refractivity contribution in [2.45, 2.75) is 39.0 Å². The van der Waals surface area contributed by atoms with Gasteiger partial charge in [-0.3, -0.25) is 0 Å². The molecule has 0 radical (unpaired) electrons. The van der Waals surface area contributed by atoms with E-state index in [0.717, 1.165) is 5.92 Å². The standard InChI is InChI=1S/C11H21N/c1-11-6-4-3-5-10(11)9-12(2)8-7-11/h10H,3-9H2,1-2H3. The van der Waals surface area contributed by atoms with Gasteiger partial charge >= 0.3 is 0 Å². The van der Waals surface area contributed by atoms with E-state index in [4.69, 9.17) is 0 Å². The van der Waals surface area contributed by atoms with Crippen LogP contribution in [-0.2, 0) is 0 Å². The van der Waals surface area contributed by atoms with Crippen molar-refractivity contribution in [1.82, 2.24) is 4.90 Å². The third-order valence-electron chi connectivity index (χ3n) is 4.13. The van der Waals surface area contributed by atoms with Crippen LogP contribution >= 0.6 is 0 Å². The van der Waals surface area contributed by atoms with Crippen LogP contribution in [0.2, 0.25) is 0 Å². The third kappa shape index (κ3) is 1.39. The lowest BCUT2D eigenvalue weighted by Crippen LogP contribution is -2.45. The van der Waals surface area contributed by atoms with E-state index >= 15 is 0 Å². The van der Waals surface area contributed by atoms with E-state index in [-0.39, 0.29) is 0 Å². The summed E-state index contributed by atoms with van der Waals surface area (Å²) in [5, 5.41) is 0. The maximum atomic E-state index is 2.52. The third-order valence-corrected chi connectivity index (χ3v) is 4.13. The summed E-state index contributed by atoms with van der Waals surface area (Å²) in [6.45, 7) is 5.20. The summed E-state index contributed by atoms with van der Waals surface area (Å²) in [5.41, 5.74) is 0.713. The zero-order chi connectivity index (χ0) is 8.60. The maximum Gasteiger partial charge on any atom is 0.00118 e.